The number of amides is 2. The average Bonchev–Trinajstić information content (AvgIpc) is 2.29. The predicted octanol–water partition coefficient (Wildman–Crippen LogP) is 1.34. The lowest BCUT2D eigenvalue weighted by Gasteiger charge is -2.30. The van der Waals surface area contributed by atoms with Gasteiger partial charge in [0.05, 0.1) is 5.41 Å². The molecule has 0 unspecified atom stereocenters. The lowest BCUT2D eigenvalue weighted by molar-refractivity contribution is -0.133. The number of benzene rings is 1. The third kappa shape index (κ3) is 2.88. The van der Waals surface area contributed by atoms with Gasteiger partial charge in [0.1, 0.15) is 5.54 Å². The van der Waals surface area contributed by atoms with E-state index in [0.29, 0.717) is 0 Å². The lowest BCUT2D eigenvalue weighted by atomic mass is 9.83. The fraction of sp³-hybridized carbons (Fsp3) is 0.429. The van der Waals surface area contributed by atoms with Gasteiger partial charge in [-0.15, -0.1) is 0 Å². The number of hydrogen-bond acceptors (Lipinski definition) is 2. The number of nitrogens with one attached hydrogen (secondary N) is 1. The molecule has 0 fully saturated rings. The third-order valence-electron chi connectivity index (χ3n) is 3.11. The van der Waals surface area contributed by atoms with Crippen molar-refractivity contribution >= 4 is 11.8 Å². The smallest absolute Gasteiger partial charge is 0.242 e. The van der Waals surface area contributed by atoms with E-state index >= 15 is 0 Å². The second-order valence-corrected chi connectivity index (χ2v) is 5.43. The molecule has 0 aliphatic carbocycles. The van der Waals surface area contributed by atoms with E-state index in [1.165, 1.54) is 0 Å². The zero-order valence-electron chi connectivity index (χ0n) is 11.3. The number of nitrogens with two attached hydrogens (primary N) is 1. The highest BCUT2D eigenvalue weighted by Gasteiger charge is 2.35. The van der Waals surface area contributed by atoms with Crippen molar-refractivity contribution < 1.29 is 9.59 Å². The van der Waals surface area contributed by atoms with Gasteiger partial charge in [0.2, 0.25) is 11.8 Å². The molecule has 1 aromatic carbocycles. The van der Waals surface area contributed by atoms with Crippen LogP contribution in [0.4, 0.5) is 0 Å². The number of hydrogen-bond donors (Lipinski definition) is 2. The van der Waals surface area contributed by atoms with Crippen LogP contribution in [0.3, 0.4) is 0 Å². The van der Waals surface area contributed by atoms with Gasteiger partial charge in [-0.05, 0) is 33.3 Å². The summed E-state index contributed by atoms with van der Waals surface area (Å²) in [6.45, 7) is 6.81. The summed E-state index contributed by atoms with van der Waals surface area (Å²) in [5.41, 5.74) is 4.37. The van der Waals surface area contributed by atoms with Crippen molar-refractivity contribution in [2.24, 2.45) is 5.73 Å². The topological polar surface area (TPSA) is 72.2 Å². The molecule has 0 spiro atoms. The Kier molecular flexibility index (Phi) is 3.79. The van der Waals surface area contributed by atoms with E-state index < -0.39 is 16.9 Å². The second kappa shape index (κ2) is 4.80. The van der Waals surface area contributed by atoms with Gasteiger partial charge in [0, 0.05) is 0 Å². The molecule has 0 bridgehead atoms. The second-order valence-electron chi connectivity index (χ2n) is 5.43. The predicted molar refractivity (Wildman–Crippen MR) is 70.9 cm³/mol. The van der Waals surface area contributed by atoms with Crippen LogP contribution in [-0.2, 0) is 15.0 Å². The van der Waals surface area contributed by atoms with Gasteiger partial charge >= 0.3 is 0 Å². The quantitative estimate of drug-likeness (QED) is 0.844. The van der Waals surface area contributed by atoms with E-state index in [-0.39, 0.29) is 5.91 Å². The van der Waals surface area contributed by atoms with Crippen molar-refractivity contribution in [1.29, 1.82) is 0 Å². The molecule has 0 saturated heterocycles. The van der Waals surface area contributed by atoms with Crippen molar-refractivity contribution in [2.45, 2.75) is 38.6 Å². The normalized spacial score (nSPS) is 12.0. The van der Waals surface area contributed by atoms with Crippen molar-refractivity contribution in [1.82, 2.24) is 5.32 Å². The van der Waals surface area contributed by atoms with Gasteiger partial charge in [0.15, 0.2) is 0 Å². The minimum absolute atomic E-state index is 0.225. The molecule has 4 heteroatoms. The van der Waals surface area contributed by atoms with Gasteiger partial charge in [0.25, 0.3) is 0 Å². The third-order valence-corrected chi connectivity index (χ3v) is 3.11. The van der Waals surface area contributed by atoms with E-state index in [1.54, 1.807) is 13.8 Å². The summed E-state index contributed by atoms with van der Waals surface area (Å²) in [5.74, 6) is -0.780. The van der Waals surface area contributed by atoms with Crippen molar-refractivity contribution in [3.05, 3.63) is 35.9 Å². The summed E-state index contributed by atoms with van der Waals surface area (Å²) in [7, 11) is 0. The molecule has 0 heterocycles. The van der Waals surface area contributed by atoms with E-state index in [2.05, 4.69) is 5.32 Å². The highest BCUT2D eigenvalue weighted by Crippen LogP contribution is 2.23. The molecule has 98 valence electrons. The van der Waals surface area contributed by atoms with Crippen molar-refractivity contribution in [2.75, 3.05) is 0 Å². The Balaban J connectivity index is 2.94. The summed E-state index contributed by atoms with van der Waals surface area (Å²) in [5, 5.41) is 2.68. The molecular formula is C14H20N2O2. The first-order chi connectivity index (χ1) is 8.18. The summed E-state index contributed by atoms with van der Waals surface area (Å²) < 4.78 is 0. The number of carbonyl (C=O) groups is 2. The zero-order valence-corrected chi connectivity index (χ0v) is 11.3. The molecule has 18 heavy (non-hydrogen) atoms. The Bertz CT molecular complexity index is 450. The summed E-state index contributed by atoms with van der Waals surface area (Å²) in [6.07, 6.45) is 0. The van der Waals surface area contributed by atoms with Crippen LogP contribution in [0.2, 0.25) is 0 Å². The van der Waals surface area contributed by atoms with Crippen LogP contribution in [0.15, 0.2) is 30.3 Å². The Morgan fingerprint density at radius 2 is 1.56 bits per heavy atom. The Hall–Kier alpha value is -1.84. The van der Waals surface area contributed by atoms with E-state index in [1.807, 2.05) is 44.2 Å². The monoisotopic (exact) mass is 248 g/mol. The molecular weight excluding hydrogens is 228 g/mol. The highest BCUT2D eigenvalue weighted by molar-refractivity contribution is 5.94. The average molecular weight is 248 g/mol. The van der Waals surface area contributed by atoms with Crippen LogP contribution in [0.1, 0.15) is 33.3 Å². The molecule has 1 aromatic rings. The van der Waals surface area contributed by atoms with Crippen LogP contribution in [0, 0.1) is 0 Å². The minimum Gasteiger partial charge on any atom is -0.368 e. The van der Waals surface area contributed by atoms with Gasteiger partial charge in [-0.2, -0.15) is 0 Å². The minimum atomic E-state index is -1.05. The fourth-order valence-electron chi connectivity index (χ4n) is 1.49. The van der Waals surface area contributed by atoms with Crippen molar-refractivity contribution in [3.63, 3.8) is 0 Å². The fourth-order valence-corrected chi connectivity index (χ4v) is 1.49. The van der Waals surface area contributed by atoms with E-state index in [0.717, 1.165) is 5.56 Å². The number of rotatable bonds is 4. The molecule has 1 rings (SSSR count). The first-order valence-corrected chi connectivity index (χ1v) is 5.86. The molecule has 2 amide bonds. The molecule has 0 aromatic heterocycles. The standard InChI is InChI=1S/C14H20N2O2/c1-13(2,10-8-6-5-7-9-10)12(18)16-14(3,4)11(15)17/h5-9H,1-4H3,(H2,15,17)(H,16,18). The Morgan fingerprint density at radius 3 is 2.00 bits per heavy atom. The number of carbonyl (C=O) groups excluding carboxylic acids is 2. The molecule has 3 N–H and O–H groups in total. The highest BCUT2D eigenvalue weighted by atomic mass is 16.2. The molecule has 0 atom stereocenters. The van der Waals surface area contributed by atoms with Crippen LogP contribution < -0.4 is 11.1 Å². The molecule has 0 aliphatic rings. The van der Waals surface area contributed by atoms with Gasteiger partial charge in [-0.3, -0.25) is 9.59 Å². The van der Waals surface area contributed by atoms with Gasteiger partial charge < -0.3 is 11.1 Å². The Morgan fingerprint density at radius 1 is 1.06 bits per heavy atom. The van der Waals surface area contributed by atoms with Crippen LogP contribution >= 0.6 is 0 Å². The largest absolute Gasteiger partial charge is 0.368 e. The zero-order chi connectivity index (χ0) is 14.0. The van der Waals surface area contributed by atoms with Gasteiger partial charge in [-0.1, -0.05) is 30.3 Å². The molecule has 4 nitrogen and oxygen atoms in total. The van der Waals surface area contributed by atoms with Crippen LogP contribution in [0.25, 0.3) is 0 Å². The van der Waals surface area contributed by atoms with Crippen molar-refractivity contribution in [3.8, 4) is 0 Å². The summed E-state index contributed by atoms with van der Waals surface area (Å²) in [4.78, 5) is 23.5. The molecule has 0 saturated carbocycles. The molecule has 0 radical (unpaired) electrons. The van der Waals surface area contributed by atoms with Gasteiger partial charge in [-0.25, -0.2) is 0 Å². The SMILES string of the molecule is CC(C)(NC(=O)C(C)(C)c1ccccc1)C(N)=O. The van der Waals surface area contributed by atoms with E-state index in [4.69, 9.17) is 5.73 Å². The maximum atomic E-state index is 12.3. The number of primary amides is 1. The van der Waals surface area contributed by atoms with Crippen LogP contribution in [-0.4, -0.2) is 17.4 Å². The first-order valence-electron chi connectivity index (χ1n) is 5.86. The van der Waals surface area contributed by atoms with E-state index in [9.17, 15) is 9.59 Å². The first kappa shape index (κ1) is 14.2. The maximum Gasteiger partial charge on any atom is 0.242 e. The Labute approximate surface area is 108 Å². The lowest BCUT2D eigenvalue weighted by Crippen LogP contribution is -2.56. The maximum absolute atomic E-state index is 12.3. The summed E-state index contributed by atoms with van der Waals surface area (Å²) >= 11 is 0. The summed E-state index contributed by atoms with van der Waals surface area (Å²) in [6, 6.07) is 9.42. The molecule has 0 aliphatic heterocycles. The van der Waals surface area contributed by atoms with Crippen LogP contribution in [0.5, 0.6) is 0 Å².